The number of aryl methyl sites for hydroxylation is 1. The van der Waals surface area contributed by atoms with Crippen LogP contribution in [0.5, 0.6) is 0 Å². The third-order valence-corrected chi connectivity index (χ3v) is 3.47. The van der Waals surface area contributed by atoms with Gasteiger partial charge in [-0.25, -0.2) is 4.85 Å². The van der Waals surface area contributed by atoms with Crippen molar-refractivity contribution >= 4 is 5.69 Å². The Balaban J connectivity index is 2.08. The lowest BCUT2D eigenvalue weighted by molar-refractivity contribution is 0.674. The zero-order chi connectivity index (χ0) is 14.7. The molecule has 1 heterocycles. The van der Waals surface area contributed by atoms with Gasteiger partial charge in [0.05, 0.1) is 12.6 Å². The molecule has 21 heavy (non-hydrogen) atoms. The molecule has 0 aliphatic carbocycles. The maximum atomic E-state index is 7.05. The quantitative estimate of drug-likeness (QED) is 0.681. The van der Waals surface area contributed by atoms with E-state index in [9.17, 15) is 0 Å². The van der Waals surface area contributed by atoms with E-state index in [-0.39, 0.29) is 6.04 Å². The minimum Gasteiger partial charge on any atom is -0.308 e. The molecule has 3 rings (SSSR count). The molecule has 0 spiro atoms. The summed E-state index contributed by atoms with van der Waals surface area (Å²) in [6.07, 6.45) is 3.43. The Bertz CT molecular complexity index is 750. The van der Waals surface area contributed by atoms with Crippen LogP contribution in [0.15, 0.2) is 61.2 Å². The molecule has 3 aromatic rings. The minimum atomic E-state index is 0.0142. The lowest BCUT2D eigenvalue weighted by Crippen LogP contribution is -2.10. The molecule has 1 unspecified atom stereocenters. The molecule has 0 saturated carbocycles. The Labute approximate surface area is 123 Å². The van der Waals surface area contributed by atoms with Crippen LogP contribution in [0.1, 0.15) is 22.7 Å². The first-order chi connectivity index (χ1) is 10.3. The summed E-state index contributed by atoms with van der Waals surface area (Å²) >= 11 is 0. The number of hydrogen-bond donors (Lipinski definition) is 0. The molecule has 1 atom stereocenters. The number of hydrogen-bond acceptors (Lipinski definition) is 2. The van der Waals surface area contributed by atoms with Gasteiger partial charge in [-0.2, -0.15) is 0 Å². The molecule has 4 nitrogen and oxygen atoms in total. The van der Waals surface area contributed by atoms with Crippen LogP contribution in [0.2, 0.25) is 0 Å². The third kappa shape index (κ3) is 2.67. The van der Waals surface area contributed by atoms with Crippen molar-refractivity contribution in [3.63, 3.8) is 0 Å². The van der Waals surface area contributed by atoms with E-state index in [0.29, 0.717) is 5.69 Å². The summed E-state index contributed by atoms with van der Waals surface area (Å²) < 4.78 is 1.97. The van der Waals surface area contributed by atoms with Crippen molar-refractivity contribution in [2.75, 3.05) is 0 Å². The number of rotatable bonds is 3. The van der Waals surface area contributed by atoms with Gasteiger partial charge in [0.2, 0.25) is 0 Å². The second-order valence-electron chi connectivity index (χ2n) is 4.93. The first-order valence-corrected chi connectivity index (χ1v) is 6.66. The van der Waals surface area contributed by atoms with E-state index in [1.165, 1.54) is 5.56 Å². The fourth-order valence-corrected chi connectivity index (χ4v) is 2.36. The average Bonchev–Trinajstić information content (AvgIpc) is 3.04. The first-order valence-electron chi connectivity index (χ1n) is 6.66. The standard InChI is InChI=1S/C17H14N4/c1-13-3-5-14(6-4-13)17(21-11-19-20-12-21)15-7-9-16(18-2)10-8-15/h3-12,17H,1H3. The second-order valence-corrected chi connectivity index (χ2v) is 4.93. The van der Waals surface area contributed by atoms with Gasteiger partial charge in [0.15, 0.2) is 5.69 Å². The SMILES string of the molecule is [C-]#[N+]c1ccc(C(c2ccc(C)cc2)n2cnnc2)cc1. The smallest absolute Gasteiger partial charge is 0.187 e. The van der Waals surface area contributed by atoms with Crippen LogP contribution in [-0.4, -0.2) is 14.8 Å². The fraction of sp³-hybridized carbons (Fsp3) is 0.118. The molecule has 0 bridgehead atoms. The van der Waals surface area contributed by atoms with E-state index in [2.05, 4.69) is 46.2 Å². The van der Waals surface area contributed by atoms with Crippen molar-refractivity contribution in [1.29, 1.82) is 0 Å². The van der Waals surface area contributed by atoms with Gasteiger partial charge in [0, 0.05) is 0 Å². The van der Waals surface area contributed by atoms with Gasteiger partial charge >= 0.3 is 0 Å². The molecule has 2 aromatic carbocycles. The number of nitrogens with zero attached hydrogens (tertiary/aromatic N) is 4. The molecular formula is C17H14N4. The lowest BCUT2D eigenvalue weighted by Gasteiger charge is -2.19. The molecule has 0 N–H and O–H groups in total. The predicted octanol–water partition coefficient (Wildman–Crippen LogP) is 3.78. The van der Waals surface area contributed by atoms with Crippen molar-refractivity contribution < 1.29 is 0 Å². The molecule has 0 saturated heterocycles. The predicted molar refractivity (Wildman–Crippen MR) is 81.1 cm³/mol. The molecule has 4 heteroatoms. The summed E-state index contributed by atoms with van der Waals surface area (Å²) in [6, 6.07) is 16.1. The fourth-order valence-electron chi connectivity index (χ4n) is 2.36. The summed E-state index contributed by atoms with van der Waals surface area (Å²) in [5.74, 6) is 0. The van der Waals surface area contributed by atoms with Crippen LogP contribution in [0.3, 0.4) is 0 Å². The van der Waals surface area contributed by atoms with E-state index in [0.717, 1.165) is 11.1 Å². The van der Waals surface area contributed by atoms with Gasteiger partial charge in [-0.1, -0.05) is 54.1 Å². The second kappa shape index (κ2) is 5.59. The topological polar surface area (TPSA) is 35.1 Å². The highest BCUT2D eigenvalue weighted by atomic mass is 15.2. The van der Waals surface area contributed by atoms with E-state index < -0.39 is 0 Å². The Morgan fingerprint density at radius 1 is 0.905 bits per heavy atom. The zero-order valence-corrected chi connectivity index (χ0v) is 11.6. The Kier molecular flexibility index (Phi) is 3.48. The summed E-state index contributed by atoms with van der Waals surface area (Å²) in [5.41, 5.74) is 4.14. The summed E-state index contributed by atoms with van der Waals surface area (Å²) in [5, 5.41) is 7.82. The summed E-state index contributed by atoms with van der Waals surface area (Å²) in [6.45, 7) is 9.12. The van der Waals surface area contributed by atoms with Crippen molar-refractivity contribution in [1.82, 2.24) is 14.8 Å². The van der Waals surface area contributed by atoms with E-state index >= 15 is 0 Å². The molecular weight excluding hydrogens is 260 g/mol. The van der Waals surface area contributed by atoms with Gasteiger partial charge in [-0.3, -0.25) is 0 Å². The molecule has 102 valence electrons. The van der Waals surface area contributed by atoms with Crippen molar-refractivity contribution in [3.8, 4) is 0 Å². The lowest BCUT2D eigenvalue weighted by atomic mass is 9.97. The minimum absolute atomic E-state index is 0.0142. The number of benzene rings is 2. The van der Waals surface area contributed by atoms with E-state index in [1.807, 2.05) is 28.8 Å². The Hall–Kier alpha value is -2.93. The van der Waals surface area contributed by atoms with Gasteiger partial charge in [-0.05, 0) is 18.1 Å². The molecule has 0 aliphatic heterocycles. The maximum absolute atomic E-state index is 7.05. The van der Waals surface area contributed by atoms with Gasteiger partial charge in [-0.15, -0.1) is 10.2 Å². The summed E-state index contributed by atoms with van der Waals surface area (Å²) in [4.78, 5) is 3.44. The van der Waals surface area contributed by atoms with Crippen LogP contribution in [0.4, 0.5) is 5.69 Å². The molecule has 0 aliphatic rings. The largest absolute Gasteiger partial charge is 0.308 e. The van der Waals surface area contributed by atoms with Crippen molar-refractivity contribution in [2.24, 2.45) is 0 Å². The summed E-state index contributed by atoms with van der Waals surface area (Å²) in [7, 11) is 0. The molecule has 0 amide bonds. The van der Waals surface area contributed by atoms with Crippen LogP contribution in [-0.2, 0) is 0 Å². The van der Waals surface area contributed by atoms with Crippen molar-refractivity contribution in [3.05, 3.63) is 89.3 Å². The van der Waals surface area contributed by atoms with E-state index in [4.69, 9.17) is 6.57 Å². The highest BCUT2D eigenvalue weighted by Crippen LogP contribution is 2.28. The Morgan fingerprint density at radius 2 is 1.43 bits per heavy atom. The van der Waals surface area contributed by atoms with Crippen LogP contribution in [0, 0.1) is 13.5 Å². The Morgan fingerprint density at radius 3 is 1.95 bits per heavy atom. The van der Waals surface area contributed by atoms with E-state index in [1.54, 1.807) is 12.7 Å². The molecule has 0 radical (unpaired) electrons. The van der Waals surface area contributed by atoms with Crippen molar-refractivity contribution in [2.45, 2.75) is 13.0 Å². The normalized spacial score (nSPS) is 11.8. The molecule has 1 aromatic heterocycles. The van der Waals surface area contributed by atoms with Gasteiger partial charge in [0.1, 0.15) is 12.7 Å². The highest BCUT2D eigenvalue weighted by Gasteiger charge is 2.16. The van der Waals surface area contributed by atoms with Gasteiger partial charge in [0.25, 0.3) is 0 Å². The van der Waals surface area contributed by atoms with Crippen LogP contribution < -0.4 is 0 Å². The number of aromatic nitrogens is 3. The maximum Gasteiger partial charge on any atom is 0.187 e. The van der Waals surface area contributed by atoms with Crippen LogP contribution in [0.25, 0.3) is 4.85 Å². The van der Waals surface area contributed by atoms with Gasteiger partial charge < -0.3 is 4.57 Å². The monoisotopic (exact) mass is 274 g/mol. The average molecular weight is 274 g/mol. The highest BCUT2D eigenvalue weighted by molar-refractivity contribution is 5.47. The zero-order valence-electron chi connectivity index (χ0n) is 11.6. The molecule has 0 fully saturated rings. The first kappa shape index (κ1) is 13.1. The third-order valence-electron chi connectivity index (χ3n) is 3.47. The van der Waals surface area contributed by atoms with Crippen LogP contribution >= 0.6 is 0 Å².